The molecule has 11 heavy (non-hydrogen) atoms. The van der Waals surface area contributed by atoms with Crippen LogP contribution in [0.25, 0.3) is 0 Å². The Morgan fingerprint density at radius 1 is 1.73 bits per heavy atom. The normalized spacial score (nSPS) is 31.2. The number of rotatable bonds is 1. The lowest BCUT2D eigenvalue weighted by Crippen LogP contribution is -2.47. The quantitative estimate of drug-likeness (QED) is 0.466. The Morgan fingerprint density at radius 2 is 2.36 bits per heavy atom. The summed E-state index contributed by atoms with van der Waals surface area (Å²) in [7, 11) is 0. The van der Waals surface area contributed by atoms with Gasteiger partial charge in [-0.3, -0.25) is 10.4 Å². The summed E-state index contributed by atoms with van der Waals surface area (Å²) < 4.78 is 0. The van der Waals surface area contributed by atoms with Crippen LogP contribution in [0.15, 0.2) is 12.3 Å². The fraction of sp³-hybridized carbons (Fsp3) is 0.571. The van der Waals surface area contributed by atoms with E-state index in [4.69, 9.17) is 17.0 Å². The third-order valence-corrected chi connectivity index (χ3v) is 2.00. The highest BCUT2D eigenvalue weighted by Crippen LogP contribution is 2.15. The molecule has 0 fully saturated rings. The molecule has 1 aliphatic rings. The van der Waals surface area contributed by atoms with Gasteiger partial charge < -0.3 is 5.73 Å². The minimum Gasteiger partial charge on any atom is -0.324 e. The third-order valence-electron chi connectivity index (χ3n) is 2.00. The second kappa shape index (κ2) is 3.02. The molecule has 1 aliphatic heterocycles. The summed E-state index contributed by atoms with van der Waals surface area (Å²) in [6.07, 6.45) is 4.32. The number of hydrogen-bond donors (Lipinski definition) is 3. The van der Waals surface area contributed by atoms with Crippen molar-refractivity contribution in [2.45, 2.75) is 19.4 Å². The summed E-state index contributed by atoms with van der Waals surface area (Å²) >= 11 is 0. The van der Waals surface area contributed by atoms with Crippen LogP contribution in [0.4, 0.5) is 0 Å². The van der Waals surface area contributed by atoms with Gasteiger partial charge in [-0.15, -0.1) is 0 Å². The van der Waals surface area contributed by atoms with Gasteiger partial charge in [0.1, 0.15) is 5.84 Å². The number of hydrazine groups is 1. The van der Waals surface area contributed by atoms with E-state index in [2.05, 4.69) is 0 Å². The summed E-state index contributed by atoms with van der Waals surface area (Å²) in [5.41, 5.74) is 5.73. The summed E-state index contributed by atoms with van der Waals surface area (Å²) in [4.78, 5) is 0. The Balaban J connectivity index is 2.78. The van der Waals surface area contributed by atoms with E-state index in [9.17, 15) is 0 Å². The summed E-state index contributed by atoms with van der Waals surface area (Å²) in [5.74, 6) is 5.95. The van der Waals surface area contributed by atoms with E-state index in [-0.39, 0.29) is 12.0 Å². The predicted molar refractivity (Wildman–Crippen MR) is 44.6 cm³/mol. The fourth-order valence-corrected chi connectivity index (χ4v) is 1.25. The monoisotopic (exact) mass is 154 g/mol. The molecule has 0 saturated carbocycles. The molecule has 4 heteroatoms. The molecule has 2 atom stereocenters. The van der Waals surface area contributed by atoms with Gasteiger partial charge in [-0.05, 0) is 12.5 Å². The van der Waals surface area contributed by atoms with Gasteiger partial charge in [-0.1, -0.05) is 6.92 Å². The second-order valence-corrected chi connectivity index (χ2v) is 2.73. The Morgan fingerprint density at radius 3 is 2.82 bits per heavy atom. The molecule has 0 aromatic carbocycles. The molecule has 1 heterocycles. The lowest BCUT2D eigenvalue weighted by molar-refractivity contribution is 0.456. The van der Waals surface area contributed by atoms with E-state index in [0.717, 1.165) is 6.42 Å². The summed E-state index contributed by atoms with van der Waals surface area (Å²) in [6, 6.07) is -0.0488. The van der Waals surface area contributed by atoms with Crippen molar-refractivity contribution in [3.8, 4) is 0 Å². The number of hydrogen-bond acceptors (Lipinski definition) is 3. The van der Waals surface area contributed by atoms with Gasteiger partial charge in [0.2, 0.25) is 0 Å². The summed E-state index contributed by atoms with van der Waals surface area (Å²) in [6.45, 7) is 2.01. The van der Waals surface area contributed by atoms with Crippen molar-refractivity contribution < 1.29 is 0 Å². The van der Waals surface area contributed by atoms with Crippen LogP contribution < -0.4 is 11.6 Å². The van der Waals surface area contributed by atoms with Gasteiger partial charge in [0, 0.05) is 18.2 Å². The lowest BCUT2D eigenvalue weighted by atomic mass is 9.94. The van der Waals surface area contributed by atoms with Crippen LogP contribution in [0.1, 0.15) is 13.3 Å². The van der Waals surface area contributed by atoms with Crippen LogP contribution in [0.3, 0.4) is 0 Å². The van der Waals surface area contributed by atoms with Crippen molar-refractivity contribution >= 4 is 5.84 Å². The number of nitrogens with one attached hydrogen (secondary N) is 1. The van der Waals surface area contributed by atoms with Crippen LogP contribution in [0.2, 0.25) is 0 Å². The molecule has 62 valence electrons. The highest BCUT2D eigenvalue weighted by atomic mass is 15.4. The average Bonchev–Trinajstić information content (AvgIpc) is 1.99. The molecule has 2 unspecified atom stereocenters. The van der Waals surface area contributed by atoms with Gasteiger partial charge in [0.15, 0.2) is 0 Å². The molecule has 0 spiro atoms. The van der Waals surface area contributed by atoms with Crippen molar-refractivity contribution in [1.82, 2.24) is 5.01 Å². The zero-order valence-electron chi connectivity index (χ0n) is 6.62. The third kappa shape index (κ3) is 1.41. The predicted octanol–water partition coefficient (Wildman–Crippen LogP) is 0.0202. The largest absolute Gasteiger partial charge is 0.324 e. The van der Waals surface area contributed by atoms with Crippen molar-refractivity contribution in [2.24, 2.45) is 17.5 Å². The van der Waals surface area contributed by atoms with Crippen molar-refractivity contribution in [3.63, 3.8) is 0 Å². The van der Waals surface area contributed by atoms with E-state index < -0.39 is 0 Å². The fourth-order valence-electron chi connectivity index (χ4n) is 1.25. The van der Waals surface area contributed by atoms with E-state index in [0.29, 0.717) is 5.84 Å². The first kappa shape index (κ1) is 8.23. The Labute approximate surface area is 66.3 Å². The molecular weight excluding hydrogens is 140 g/mol. The molecule has 0 bridgehead atoms. The number of nitrogens with two attached hydrogens (primary N) is 2. The second-order valence-electron chi connectivity index (χ2n) is 2.73. The van der Waals surface area contributed by atoms with Gasteiger partial charge in [-0.25, -0.2) is 5.84 Å². The lowest BCUT2D eigenvalue weighted by Gasteiger charge is -2.30. The van der Waals surface area contributed by atoms with Crippen molar-refractivity contribution in [3.05, 3.63) is 12.3 Å². The van der Waals surface area contributed by atoms with Crippen LogP contribution in [0.5, 0.6) is 0 Å². The Kier molecular flexibility index (Phi) is 2.26. The van der Waals surface area contributed by atoms with Gasteiger partial charge in [0.05, 0.1) is 0 Å². The zero-order chi connectivity index (χ0) is 8.43. The smallest absolute Gasteiger partial charge is 0.119 e. The maximum Gasteiger partial charge on any atom is 0.119 e. The minimum absolute atomic E-state index is 0.0488. The van der Waals surface area contributed by atoms with Crippen LogP contribution in [0, 0.1) is 11.3 Å². The average molecular weight is 154 g/mol. The number of amidine groups is 1. The first-order valence-electron chi connectivity index (χ1n) is 3.73. The molecule has 0 aromatic rings. The van der Waals surface area contributed by atoms with Gasteiger partial charge in [0.25, 0.3) is 0 Å². The highest BCUT2D eigenvalue weighted by molar-refractivity contribution is 5.84. The maximum atomic E-state index is 7.55. The molecule has 0 radical (unpaired) electrons. The van der Waals surface area contributed by atoms with E-state index >= 15 is 0 Å². The van der Waals surface area contributed by atoms with Crippen LogP contribution >= 0.6 is 0 Å². The first-order chi connectivity index (χ1) is 5.16. The standard InChI is InChI=1S/C7H14N4/c1-2-5-6(8)3-4-11(10)7(5)9/h3-6,9H,2,8,10H2,1H3. The van der Waals surface area contributed by atoms with Crippen LogP contribution in [-0.2, 0) is 0 Å². The molecule has 4 nitrogen and oxygen atoms in total. The van der Waals surface area contributed by atoms with Crippen molar-refractivity contribution in [2.75, 3.05) is 0 Å². The molecule has 0 amide bonds. The highest BCUT2D eigenvalue weighted by Gasteiger charge is 2.24. The van der Waals surface area contributed by atoms with E-state index in [1.807, 2.05) is 13.0 Å². The zero-order valence-corrected chi connectivity index (χ0v) is 6.62. The van der Waals surface area contributed by atoms with E-state index in [1.165, 1.54) is 5.01 Å². The van der Waals surface area contributed by atoms with Crippen LogP contribution in [-0.4, -0.2) is 16.9 Å². The van der Waals surface area contributed by atoms with Crippen molar-refractivity contribution in [1.29, 1.82) is 5.41 Å². The van der Waals surface area contributed by atoms with Gasteiger partial charge >= 0.3 is 0 Å². The molecule has 0 aromatic heterocycles. The molecular formula is C7H14N4. The topological polar surface area (TPSA) is 79.1 Å². The first-order valence-corrected chi connectivity index (χ1v) is 3.73. The molecule has 0 saturated heterocycles. The minimum atomic E-state index is -0.0488. The molecule has 0 aliphatic carbocycles. The Hall–Kier alpha value is -0.870. The Bertz CT molecular complexity index is 187. The molecule has 1 rings (SSSR count). The SMILES string of the molecule is CCC1C(=N)N(N)C=CC1N. The maximum absolute atomic E-state index is 7.55. The summed E-state index contributed by atoms with van der Waals surface area (Å²) in [5, 5.41) is 8.87. The molecule has 5 N–H and O–H groups in total. The van der Waals surface area contributed by atoms with E-state index in [1.54, 1.807) is 6.20 Å². The van der Waals surface area contributed by atoms with Gasteiger partial charge in [-0.2, -0.15) is 0 Å². The number of nitrogens with zero attached hydrogens (tertiary/aromatic N) is 1.